The molecule has 1 aliphatic heterocycles. The summed E-state index contributed by atoms with van der Waals surface area (Å²) in [5.74, 6) is 0.549. The van der Waals surface area contributed by atoms with Crippen molar-refractivity contribution in [3.63, 3.8) is 0 Å². The van der Waals surface area contributed by atoms with Crippen LogP contribution in [0.4, 0.5) is 5.69 Å². The third kappa shape index (κ3) is 4.49. The topological polar surface area (TPSA) is 29.5 Å². The Bertz CT molecular complexity index is 930. The third-order valence-electron chi connectivity index (χ3n) is 4.06. The maximum atomic E-state index is 12.9. The third-order valence-corrected chi connectivity index (χ3v) is 6.10. The summed E-state index contributed by atoms with van der Waals surface area (Å²) in [6, 6.07) is 12.7. The summed E-state index contributed by atoms with van der Waals surface area (Å²) in [6.07, 6.45) is 2.80. The smallest absolute Gasteiger partial charge is 0.270 e. The standard InChI is InChI=1S/C20H17Cl2NO2S2/c1-3-12(2)25-17-7-5-4-6-13(17)10-18-19(24)23(20(26)27-18)14-8-9-15(21)16(22)11-14/h4-12H,3H2,1-2H3/b18-10-/t12-/m0/s1. The van der Waals surface area contributed by atoms with Crippen LogP contribution in [0.3, 0.4) is 0 Å². The normalized spacial score (nSPS) is 16.9. The van der Waals surface area contributed by atoms with Gasteiger partial charge in [0.25, 0.3) is 5.91 Å². The summed E-state index contributed by atoms with van der Waals surface area (Å²) in [5.41, 5.74) is 1.44. The van der Waals surface area contributed by atoms with E-state index < -0.39 is 0 Å². The highest BCUT2D eigenvalue weighted by Crippen LogP contribution is 2.38. The molecule has 3 nitrogen and oxygen atoms in total. The van der Waals surface area contributed by atoms with Gasteiger partial charge >= 0.3 is 0 Å². The van der Waals surface area contributed by atoms with E-state index in [1.807, 2.05) is 37.3 Å². The van der Waals surface area contributed by atoms with Crippen LogP contribution in [-0.4, -0.2) is 16.3 Å². The van der Waals surface area contributed by atoms with E-state index in [1.165, 1.54) is 16.7 Å². The fraction of sp³-hybridized carbons (Fsp3) is 0.200. The van der Waals surface area contributed by atoms with E-state index >= 15 is 0 Å². The van der Waals surface area contributed by atoms with Gasteiger partial charge < -0.3 is 4.74 Å². The zero-order chi connectivity index (χ0) is 19.6. The molecule has 1 heterocycles. The van der Waals surface area contributed by atoms with Gasteiger partial charge in [0.2, 0.25) is 0 Å². The Morgan fingerprint density at radius 3 is 2.67 bits per heavy atom. The number of para-hydroxylation sites is 1. The van der Waals surface area contributed by atoms with Crippen molar-refractivity contribution in [2.75, 3.05) is 4.90 Å². The highest BCUT2D eigenvalue weighted by Gasteiger charge is 2.33. The lowest BCUT2D eigenvalue weighted by atomic mass is 10.1. The molecule has 2 aromatic carbocycles. The quantitative estimate of drug-likeness (QED) is 0.390. The van der Waals surface area contributed by atoms with Crippen LogP contribution in [0, 0.1) is 0 Å². The second-order valence-electron chi connectivity index (χ2n) is 5.99. The molecule has 0 saturated carbocycles. The van der Waals surface area contributed by atoms with Gasteiger partial charge in [-0.1, -0.05) is 72.3 Å². The van der Waals surface area contributed by atoms with Gasteiger partial charge in [-0.05, 0) is 43.7 Å². The molecule has 3 rings (SSSR count). The zero-order valence-corrected chi connectivity index (χ0v) is 17.9. The number of halogens is 2. The van der Waals surface area contributed by atoms with Crippen molar-refractivity contribution < 1.29 is 9.53 Å². The number of anilines is 1. The Morgan fingerprint density at radius 1 is 1.22 bits per heavy atom. The lowest BCUT2D eigenvalue weighted by Crippen LogP contribution is -2.27. The van der Waals surface area contributed by atoms with Crippen LogP contribution in [0.5, 0.6) is 5.75 Å². The van der Waals surface area contributed by atoms with Crippen molar-refractivity contribution in [2.24, 2.45) is 0 Å². The molecule has 0 aliphatic carbocycles. The first-order valence-corrected chi connectivity index (χ1v) is 10.4. The molecule has 0 spiro atoms. The molecule has 0 radical (unpaired) electrons. The molecule has 0 N–H and O–H groups in total. The Hall–Kier alpha value is -1.53. The van der Waals surface area contributed by atoms with Crippen molar-refractivity contribution in [1.82, 2.24) is 0 Å². The molecular formula is C20H17Cl2NO2S2. The van der Waals surface area contributed by atoms with E-state index in [9.17, 15) is 4.79 Å². The first-order valence-electron chi connectivity index (χ1n) is 8.39. The average molecular weight is 438 g/mol. The minimum absolute atomic E-state index is 0.0882. The predicted molar refractivity (Wildman–Crippen MR) is 119 cm³/mol. The maximum absolute atomic E-state index is 12.9. The second kappa shape index (κ2) is 8.65. The van der Waals surface area contributed by atoms with Gasteiger partial charge in [-0.2, -0.15) is 0 Å². The van der Waals surface area contributed by atoms with Crippen molar-refractivity contribution in [3.8, 4) is 5.75 Å². The predicted octanol–water partition coefficient (Wildman–Crippen LogP) is 6.58. The van der Waals surface area contributed by atoms with Crippen LogP contribution in [0.15, 0.2) is 47.4 Å². The number of ether oxygens (including phenoxy) is 1. The molecule has 27 heavy (non-hydrogen) atoms. The van der Waals surface area contributed by atoms with E-state index in [1.54, 1.807) is 18.2 Å². The van der Waals surface area contributed by atoms with Crippen LogP contribution in [-0.2, 0) is 4.79 Å². The molecular weight excluding hydrogens is 421 g/mol. The molecule has 1 atom stereocenters. The fourth-order valence-corrected chi connectivity index (χ4v) is 4.05. The molecule has 140 valence electrons. The number of nitrogens with zero attached hydrogens (tertiary/aromatic N) is 1. The van der Waals surface area contributed by atoms with Crippen molar-refractivity contribution in [1.29, 1.82) is 0 Å². The lowest BCUT2D eigenvalue weighted by Gasteiger charge is -2.15. The number of rotatable bonds is 5. The summed E-state index contributed by atoms with van der Waals surface area (Å²) in [4.78, 5) is 14.9. The number of hydrogen-bond donors (Lipinski definition) is 0. The summed E-state index contributed by atoms with van der Waals surface area (Å²) in [5, 5.41) is 0.803. The Morgan fingerprint density at radius 2 is 1.96 bits per heavy atom. The molecule has 1 fully saturated rings. The van der Waals surface area contributed by atoms with Crippen LogP contribution in [0.2, 0.25) is 10.0 Å². The SMILES string of the molecule is CC[C@H](C)Oc1ccccc1/C=C1\SC(=S)N(c2ccc(Cl)c(Cl)c2)C1=O. The van der Waals surface area contributed by atoms with E-state index in [-0.39, 0.29) is 12.0 Å². The molecule has 2 aromatic rings. The number of carbonyl (C=O) groups is 1. The number of hydrogen-bond acceptors (Lipinski definition) is 4. The number of thioether (sulfide) groups is 1. The van der Waals surface area contributed by atoms with Gasteiger partial charge in [0, 0.05) is 5.56 Å². The second-order valence-corrected chi connectivity index (χ2v) is 8.48. The Balaban J connectivity index is 1.92. The molecule has 7 heteroatoms. The van der Waals surface area contributed by atoms with Gasteiger partial charge in [0.15, 0.2) is 4.32 Å². The molecule has 1 amide bonds. The first kappa shape index (κ1) is 20.2. The van der Waals surface area contributed by atoms with Gasteiger partial charge in [-0.25, -0.2) is 0 Å². The summed E-state index contributed by atoms with van der Waals surface area (Å²) >= 11 is 18.7. The minimum Gasteiger partial charge on any atom is -0.490 e. The molecule has 1 aliphatic rings. The number of amides is 1. The maximum Gasteiger partial charge on any atom is 0.270 e. The van der Waals surface area contributed by atoms with Crippen LogP contribution in [0.1, 0.15) is 25.8 Å². The summed E-state index contributed by atoms with van der Waals surface area (Å²) < 4.78 is 6.41. The van der Waals surface area contributed by atoms with Crippen LogP contribution < -0.4 is 9.64 Å². The van der Waals surface area contributed by atoms with Crippen LogP contribution >= 0.6 is 47.2 Å². The van der Waals surface area contributed by atoms with E-state index in [4.69, 9.17) is 40.2 Å². The molecule has 0 bridgehead atoms. The molecule has 0 unspecified atom stereocenters. The van der Waals surface area contributed by atoms with E-state index in [0.29, 0.717) is 25.0 Å². The van der Waals surface area contributed by atoms with Crippen molar-refractivity contribution >= 4 is 69.2 Å². The Kier molecular flexibility index (Phi) is 6.48. The van der Waals surface area contributed by atoms with Crippen molar-refractivity contribution in [3.05, 3.63) is 63.0 Å². The zero-order valence-electron chi connectivity index (χ0n) is 14.7. The highest BCUT2D eigenvalue weighted by atomic mass is 35.5. The van der Waals surface area contributed by atoms with Crippen molar-refractivity contribution in [2.45, 2.75) is 26.4 Å². The molecule has 0 aromatic heterocycles. The van der Waals surface area contributed by atoms with E-state index in [2.05, 4.69) is 6.92 Å². The molecule has 1 saturated heterocycles. The number of carbonyl (C=O) groups excluding carboxylic acids is 1. The van der Waals surface area contributed by atoms with Gasteiger partial charge in [0.1, 0.15) is 5.75 Å². The van der Waals surface area contributed by atoms with E-state index in [0.717, 1.165) is 17.7 Å². The first-order chi connectivity index (χ1) is 12.9. The summed E-state index contributed by atoms with van der Waals surface area (Å²) in [6.45, 7) is 4.08. The van der Waals surface area contributed by atoms with Gasteiger partial charge in [-0.3, -0.25) is 9.69 Å². The highest BCUT2D eigenvalue weighted by molar-refractivity contribution is 8.27. The van der Waals surface area contributed by atoms with Gasteiger partial charge in [0.05, 0.1) is 26.7 Å². The largest absolute Gasteiger partial charge is 0.490 e. The minimum atomic E-state index is -0.193. The fourth-order valence-electron chi connectivity index (χ4n) is 2.46. The Labute approximate surface area is 178 Å². The van der Waals surface area contributed by atoms with Gasteiger partial charge in [-0.15, -0.1) is 0 Å². The number of benzene rings is 2. The number of thiocarbonyl (C=S) groups is 1. The summed E-state index contributed by atoms with van der Waals surface area (Å²) in [7, 11) is 0. The lowest BCUT2D eigenvalue weighted by molar-refractivity contribution is -0.113. The average Bonchev–Trinajstić information content (AvgIpc) is 2.92. The monoisotopic (exact) mass is 437 g/mol. The van der Waals surface area contributed by atoms with Crippen LogP contribution in [0.25, 0.3) is 6.08 Å².